The predicted molar refractivity (Wildman–Crippen MR) is 54.3 cm³/mol. The SMILES string of the molecule is CC#CCCC(N)c1snnc1C. The molecule has 0 aliphatic heterocycles. The Kier molecular flexibility index (Phi) is 3.87. The maximum absolute atomic E-state index is 5.94. The molecule has 1 aromatic heterocycles. The summed E-state index contributed by atoms with van der Waals surface area (Å²) >= 11 is 1.38. The molecule has 0 radical (unpaired) electrons. The first-order chi connectivity index (χ1) is 6.25. The molecule has 2 N–H and O–H groups in total. The van der Waals surface area contributed by atoms with Crippen LogP contribution in [-0.2, 0) is 0 Å². The molecule has 0 saturated heterocycles. The highest BCUT2D eigenvalue weighted by Crippen LogP contribution is 2.20. The number of hydrogen-bond donors (Lipinski definition) is 1. The lowest BCUT2D eigenvalue weighted by Crippen LogP contribution is -2.09. The van der Waals surface area contributed by atoms with Gasteiger partial charge in [0.25, 0.3) is 0 Å². The van der Waals surface area contributed by atoms with Crippen LogP contribution in [0.15, 0.2) is 0 Å². The molecule has 0 spiro atoms. The van der Waals surface area contributed by atoms with Crippen LogP contribution in [0, 0.1) is 18.8 Å². The summed E-state index contributed by atoms with van der Waals surface area (Å²) in [5, 5.41) is 3.92. The van der Waals surface area contributed by atoms with Gasteiger partial charge in [0.05, 0.1) is 10.6 Å². The average Bonchev–Trinajstić information content (AvgIpc) is 2.52. The summed E-state index contributed by atoms with van der Waals surface area (Å²) in [6.07, 6.45) is 1.72. The van der Waals surface area contributed by atoms with Crippen molar-refractivity contribution in [3.8, 4) is 11.8 Å². The molecule has 1 atom stereocenters. The van der Waals surface area contributed by atoms with Gasteiger partial charge in [-0.25, -0.2) is 0 Å². The van der Waals surface area contributed by atoms with Crippen molar-refractivity contribution in [1.82, 2.24) is 9.59 Å². The Morgan fingerprint density at radius 1 is 1.62 bits per heavy atom. The van der Waals surface area contributed by atoms with E-state index in [1.165, 1.54) is 11.5 Å². The summed E-state index contributed by atoms with van der Waals surface area (Å²) in [6, 6.07) is 0.0425. The van der Waals surface area contributed by atoms with Crippen molar-refractivity contribution in [3.05, 3.63) is 10.6 Å². The van der Waals surface area contributed by atoms with Crippen LogP contribution in [-0.4, -0.2) is 9.59 Å². The van der Waals surface area contributed by atoms with Crippen molar-refractivity contribution in [2.24, 2.45) is 5.73 Å². The van der Waals surface area contributed by atoms with Gasteiger partial charge >= 0.3 is 0 Å². The van der Waals surface area contributed by atoms with Crippen molar-refractivity contribution in [2.45, 2.75) is 32.7 Å². The van der Waals surface area contributed by atoms with Crippen LogP contribution in [0.1, 0.15) is 36.4 Å². The van der Waals surface area contributed by atoms with Gasteiger partial charge in [-0.1, -0.05) is 4.49 Å². The lowest BCUT2D eigenvalue weighted by Gasteiger charge is -2.05. The normalized spacial score (nSPS) is 11.9. The van der Waals surface area contributed by atoms with E-state index in [1.54, 1.807) is 0 Å². The van der Waals surface area contributed by atoms with Crippen molar-refractivity contribution in [2.75, 3.05) is 0 Å². The largest absolute Gasteiger partial charge is 0.323 e. The summed E-state index contributed by atoms with van der Waals surface area (Å²) < 4.78 is 3.85. The minimum absolute atomic E-state index is 0.0425. The van der Waals surface area contributed by atoms with Crippen LogP contribution in [0.4, 0.5) is 0 Å². The van der Waals surface area contributed by atoms with Crippen LogP contribution >= 0.6 is 11.5 Å². The zero-order chi connectivity index (χ0) is 9.68. The van der Waals surface area contributed by atoms with Crippen LogP contribution in [0.2, 0.25) is 0 Å². The third kappa shape index (κ3) is 2.79. The van der Waals surface area contributed by atoms with E-state index in [-0.39, 0.29) is 6.04 Å². The van der Waals surface area contributed by atoms with Crippen molar-refractivity contribution in [3.63, 3.8) is 0 Å². The van der Waals surface area contributed by atoms with Gasteiger partial charge in [-0.15, -0.1) is 16.9 Å². The Morgan fingerprint density at radius 3 is 2.92 bits per heavy atom. The Labute approximate surface area is 82.5 Å². The smallest absolute Gasteiger partial charge is 0.0772 e. The number of aryl methyl sites for hydroxylation is 1. The summed E-state index contributed by atoms with van der Waals surface area (Å²) in [6.45, 7) is 3.77. The molecule has 1 heterocycles. The third-order valence-corrected chi connectivity index (χ3v) is 2.74. The maximum atomic E-state index is 5.94. The van der Waals surface area contributed by atoms with E-state index >= 15 is 0 Å². The molecule has 0 saturated carbocycles. The summed E-state index contributed by atoms with van der Waals surface area (Å²) in [4.78, 5) is 1.08. The molecular weight excluding hydrogens is 182 g/mol. The van der Waals surface area contributed by atoms with E-state index in [4.69, 9.17) is 5.73 Å². The first-order valence-corrected chi connectivity index (χ1v) is 4.97. The second-order valence-electron chi connectivity index (χ2n) is 2.79. The fraction of sp³-hybridized carbons (Fsp3) is 0.556. The monoisotopic (exact) mass is 195 g/mol. The van der Waals surface area contributed by atoms with E-state index in [0.717, 1.165) is 23.4 Å². The Balaban J connectivity index is 2.52. The van der Waals surface area contributed by atoms with Gasteiger partial charge in [-0.2, -0.15) is 0 Å². The fourth-order valence-corrected chi connectivity index (χ4v) is 1.74. The van der Waals surface area contributed by atoms with Crippen LogP contribution in [0.5, 0.6) is 0 Å². The molecule has 0 aliphatic rings. The summed E-state index contributed by atoms with van der Waals surface area (Å²) in [5.74, 6) is 5.84. The molecule has 4 heteroatoms. The van der Waals surface area contributed by atoms with Gasteiger partial charge < -0.3 is 5.73 Å². The Morgan fingerprint density at radius 2 is 2.38 bits per heavy atom. The summed E-state index contributed by atoms with van der Waals surface area (Å²) in [5.41, 5.74) is 6.89. The van der Waals surface area contributed by atoms with Crippen molar-refractivity contribution < 1.29 is 0 Å². The molecule has 1 aromatic rings. The third-order valence-electron chi connectivity index (χ3n) is 1.78. The topological polar surface area (TPSA) is 51.8 Å². The molecule has 1 unspecified atom stereocenters. The van der Waals surface area contributed by atoms with Gasteiger partial charge in [0.15, 0.2) is 0 Å². The number of aromatic nitrogens is 2. The van der Waals surface area contributed by atoms with E-state index in [0.29, 0.717) is 0 Å². The highest BCUT2D eigenvalue weighted by Gasteiger charge is 2.11. The molecule has 13 heavy (non-hydrogen) atoms. The zero-order valence-electron chi connectivity index (χ0n) is 7.87. The fourth-order valence-electron chi connectivity index (χ4n) is 1.06. The number of hydrogen-bond acceptors (Lipinski definition) is 4. The predicted octanol–water partition coefficient (Wildman–Crippen LogP) is 1.65. The maximum Gasteiger partial charge on any atom is 0.0772 e. The van der Waals surface area contributed by atoms with Crippen LogP contribution < -0.4 is 5.73 Å². The van der Waals surface area contributed by atoms with Crippen LogP contribution in [0.25, 0.3) is 0 Å². The molecule has 0 aliphatic carbocycles. The number of nitrogens with zero attached hydrogens (tertiary/aromatic N) is 2. The van der Waals surface area contributed by atoms with Gasteiger partial charge in [0.2, 0.25) is 0 Å². The van der Waals surface area contributed by atoms with E-state index in [2.05, 4.69) is 21.4 Å². The standard InChI is InChI=1S/C9H13N3S/c1-3-4-5-6-8(10)9-7(2)11-12-13-9/h8H,5-6,10H2,1-2H3. The molecular formula is C9H13N3S. The van der Waals surface area contributed by atoms with Gasteiger partial charge in [0, 0.05) is 12.5 Å². The van der Waals surface area contributed by atoms with Crippen molar-refractivity contribution >= 4 is 11.5 Å². The Bertz CT molecular complexity index is 321. The second kappa shape index (κ2) is 4.95. The Hall–Kier alpha value is -0.920. The second-order valence-corrected chi connectivity index (χ2v) is 3.58. The molecule has 0 bridgehead atoms. The minimum atomic E-state index is 0.0425. The minimum Gasteiger partial charge on any atom is -0.323 e. The lowest BCUT2D eigenvalue weighted by molar-refractivity contribution is 0.673. The molecule has 3 nitrogen and oxygen atoms in total. The molecule has 0 amide bonds. The average molecular weight is 195 g/mol. The quantitative estimate of drug-likeness (QED) is 0.746. The van der Waals surface area contributed by atoms with Crippen molar-refractivity contribution in [1.29, 1.82) is 0 Å². The lowest BCUT2D eigenvalue weighted by atomic mass is 10.1. The van der Waals surface area contributed by atoms with Gasteiger partial charge in [0.1, 0.15) is 0 Å². The highest BCUT2D eigenvalue weighted by atomic mass is 32.1. The van der Waals surface area contributed by atoms with Gasteiger partial charge in [-0.05, 0) is 31.8 Å². The van der Waals surface area contributed by atoms with E-state index in [1.807, 2.05) is 13.8 Å². The number of nitrogens with two attached hydrogens (primary N) is 1. The molecule has 0 fully saturated rings. The number of rotatable bonds is 3. The van der Waals surface area contributed by atoms with Crippen LogP contribution in [0.3, 0.4) is 0 Å². The zero-order valence-corrected chi connectivity index (χ0v) is 8.69. The van der Waals surface area contributed by atoms with E-state index in [9.17, 15) is 0 Å². The van der Waals surface area contributed by atoms with Gasteiger partial charge in [-0.3, -0.25) is 0 Å². The first-order valence-electron chi connectivity index (χ1n) is 4.19. The summed E-state index contributed by atoms with van der Waals surface area (Å²) in [7, 11) is 0. The molecule has 70 valence electrons. The van der Waals surface area contributed by atoms with E-state index < -0.39 is 0 Å². The highest BCUT2D eigenvalue weighted by molar-refractivity contribution is 7.05. The first kappa shape index (κ1) is 10.2. The molecule has 1 rings (SSSR count). The molecule has 0 aromatic carbocycles.